The van der Waals surface area contributed by atoms with Crippen LogP contribution in [0.3, 0.4) is 0 Å². The van der Waals surface area contributed by atoms with Gasteiger partial charge in [-0.05, 0) is 30.7 Å². The zero-order chi connectivity index (χ0) is 12.4. The fourth-order valence-corrected chi connectivity index (χ4v) is 2.22. The number of nitrogens with zero attached hydrogens (tertiary/aromatic N) is 2. The Morgan fingerprint density at radius 3 is 2.88 bits per heavy atom. The van der Waals surface area contributed by atoms with Crippen LogP contribution in [-0.2, 0) is 13.5 Å². The van der Waals surface area contributed by atoms with Crippen LogP contribution in [0.25, 0.3) is 11.0 Å². The molecule has 0 amide bonds. The number of rotatable bonds is 4. The molecule has 2 aromatic rings. The van der Waals surface area contributed by atoms with Gasteiger partial charge < -0.3 is 10.3 Å². The summed E-state index contributed by atoms with van der Waals surface area (Å²) in [7, 11) is 2.04. The highest BCUT2D eigenvalue weighted by Gasteiger charge is 2.12. The molecule has 2 rings (SSSR count). The third kappa shape index (κ3) is 2.45. The molecule has 1 aromatic carbocycles. The molecule has 1 heterocycles. The molecule has 0 fully saturated rings. The van der Waals surface area contributed by atoms with Crippen LogP contribution >= 0.6 is 11.6 Å². The Morgan fingerprint density at radius 1 is 1.47 bits per heavy atom. The Kier molecular flexibility index (Phi) is 3.69. The van der Waals surface area contributed by atoms with Crippen LogP contribution in [0.4, 0.5) is 0 Å². The average molecular weight is 252 g/mol. The minimum atomic E-state index is 0.501. The van der Waals surface area contributed by atoms with Gasteiger partial charge in [-0.15, -0.1) is 0 Å². The van der Waals surface area contributed by atoms with E-state index in [2.05, 4.69) is 16.5 Å². The first kappa shape index (κ1) is 12.4. The second kappa shape index (κ2) is 5.07. The first-order valence-electron chi connectivity index (χ1n) is 5.96. The second-order valence-corrected chi connectivity index (χ2v) is 4.87. The van der Waals surface area contributed by atoms with E-state index < -0.39 is 0 Å². The molecule has 4 heteroatoms. The lowest BCUT2D eigenvalue weighted by Gasteiger charge is -2.11. The minimum Gasteiger partial charge on any atom is -0.331 e. The highest BCUT2D eigenvalue weighted by atomic mass is 35.5. The third-order valence-corrected chi connectivity index (χ3v) is 3.55. The molecule has 0 saturated carbocycles. The highest BCUT2D eigenvalue weighted by Crippen LogP contribution is 2.21. The number of nitrogens with two attached hydrogens (primary N) is 1. The number of imidazole rings is 1. The number of hydrogen-bond donors (Lipinski definition) is 1. The zero-order valence-corrected chi connectivity index (χ0v) is 11.0. The van der Waals surface area contributed by atoms with Crippen LogP contribution in [0.2, 0.25) is 5.02 Å². The van der Waals surface area contributed by atoms with Gasteiger partial charge in [-0.3, -0.25) is 0 Å². The van der Waals surface area contributed by atoms with Gasteiger partial charge in [-0.25, -0.2) is 4.98 Å². The molecule has 1 aromatic heterocycles. The molecule has 1 atom stereocenters. The summed E-state index contributed by atoms with van der Waals surface area (Å²) in [5.41, 5.74) is 7.82. The predicted molar refractivity (Wildman–Crippen MR) is 72.3 cm³/mol. The third-order valence-electron chi connectivity index (χ3n) is 3.32. The van der Waals surface area contributed by atoms with Gasteiger partial charge in [0, 0.05) is 18.5 Å². The van der Waals surface area contributed by atoms with E-state index in [-0.39, 0.29) is 0 Å². The molecule has 0 aliphatic carbocycles. The first-order valence-corrected chi connectivity index (χ1v) is 6.34. The van der Waals surface area contributed by atoms with E-state index in [9.17, 15) is 0 Å². The number of hydrogen-bond acceptors (Lipinski definition) is 2. The van der Waals surface area contributed by atoms with Gasteiger partial charge >= 0.3 is 0 Å². The SMILES string of the molecule is CCC(CN)Cc1nc2cc(Cl)ccc2n1C. The smallest absolute Gasteiger partial charge is 0.109 e. The Labute approximate surface area is 107 Å². The highest BCUT2D eigenvalue weighted by molar-refractivity contribution is 6.31. The van der Waals surface area contributed by atoms with Crippen LogP contribution in [0.5, 0.6) is 0 Å². The van der Waals surface area contributed by atoms with Crippen molar-refractivity contribution in [3.8, 4) is 0 Å². The number of aryl methyl sites for hydroxylation is 1. The van der Waals surface area contributed by atoms with Gasteiger partial charge in [-0.2, -0.15) is 0 Å². The van der Waals surface area contributed by atoms with Gasteiger partial charge in [0.2, 0.25) is 0 Å². The van der Waals surface area contributed by atoms with Crippen molar-refractivity contribution in [2.45, 2.75) is 19.8 Å². The Morgan fingerprint density at radius 2 is 2.24 bits per heavy atom. The summed E-state index contributed by atoms with van der Waals surface area (Å²) < 4.78 is 2.13. The predicted octanol–water partition coefficient (Wildman–Crippen LogP) is 2.75. The maximum absolute atomic E-state index is 5.97. The molecule has 0 aliphatic heterocycles. The summed E-state index contributed by atoms with van der Waals surface area (Å²) in [5, 5.41) is 0.730. The summed E-state index contributed by atoms with van der Waals surface area (Å²) in [6, 6.07) is 5.82. The van der Waals surface area contributed by atoms with Crippen molar-refractivity contribution in [2.75, 3.05) is 6.54 Å². The largest absolute Gasteiger partial charge is 0.331 e. The molecule has 3 nitrogen and oxygen atoms in total. The fourth-order valence-electron chi connectivity index (χ4n) is 2.06. The molecule has 17 heavy (non-hydrogen) atoms. The Bertz CT molecular complexity index is 515. The number of halogens is 1. The molecule has 0 saturated heterocycles. The number of fused-ring (bicyclic) bond motifs is 1. The van der Waals surface area contributed by atoms with E-state index in [0.29, 0.717) is 12.5 Å². The maximum Gasteiger partial charge on any atom is 0.109 e. The first-order chi connectivity index (χ1) is 8.15. The van der Waals surface area contributed by atoms with Crippen molar-refractivity contribution in [1.82, 2.24) is 9.55 Å². The monoisotopic (exact) mass is 251 g/mol. The van der Waals surface area contributed by atoms with Crippen molar-refractivity contribution in [3.63, 3.8) is 0 Å². The van der Waals surface area contributed by atoms with Crippen molar-refractivity contribution >= 4 is 22.6 Å². The average Bonchev–Trinajstić information content (AvgIpc) is 2.62. The lowest BCUT2D eigenvalue weighted by atomic mass is 10.0. The molecular weight excluding hydrogens is 234 g/mol. The van der Waals surface area contributed by atoms with Crippen molar-refractivity contribution < 1.29 is 0 Å². The van der Waals surface area contributed by atoms with Gasteiger partial charge in [0.1, 0.15) is 5.82 Å². The summed E-state index contributed by atoms with van der Waals surface area (Å²) in [5.74, 6) is 1.58. The Balaban J connectivity index is 2.38. The molecule has 0 radical (unpaired) electrons. The van der Waals surface area contributed by atoms with Crippen LogP contribution in [-0.4, -0.2) is 16.1 Å². The Hall–Kier alpha value is -1.06. The van der Waals surface area contributed by atoms with E-state index in [1.54, 1.807) is 0 Å². The van der Waals surface area contributed by atoms with Crippen molar-refractivity contribution in [1.29, 1.82) is 0 Å². The van der Waals surface area contributed by atoms with Crippen molar-refractivity contribution in [3.05, 3.63) is 29.0 Å². The normalized spacial score (nSPS) is 13.2. The van der Waals surface area contributed by atoms with Crippen LogP contribution in [0.15, 0.2) is 18.2 Å². The van der Waals surface area contributed by atoms with E-state index in [1.165, 1.54) is 0 Å². The van der Waals surface area contributed by atoms with Gasteiger partial charge in [0.15, 0.2) is 0 Å². The van der Waals surface area contributed by atoms with E-state index in [0.717, 1.165) is 34.7 Å². The summed E-state index contributed by atoms with van der Waals surface area (Å²) in [6.45, 7) is 2.87. The number of aromatic nitrogens is 2. The fraction of sp³-hybridized carbons (Fsp3) is 0.462. The molecule has 0 spiro atoms. The molecular formula is C13H18ClN3. The second-order valence-electron chi connectivity index (χ2n) is 4.43. The molecule has 0 aliphatic rings. The minimum absolute atomic E-state index is 0.501. The summed E-state index contributed by atoms with van der Waals surface area (Å²) in [6.07, 6.45) is 2.01. The topological polar surface area (TPSA) is 43.8 Å². The van der Waals surface area contributed by atoms with Crippen molar-refractivity contribution in [2.24, 2.45) is 18.7 Å². The van der Waals surface area contributed by atoms with E-state index in [1.807, 2.05) is 25.2 Å². The lowest BCUT2D eigenvalue weighted by Crippen LogP contribution is -2.17. The molecule has 2 N–H and O–H groups in total. The summed E-state index contributed by atoms with van der Waals surface area (Å²) >= 11 is 5.97. The standard InChI is InChI=1S/C13H18ClN3/c1-3-9(8-15)6-13-16-11-7-10(14)4-5-12(11)17(13)2/h4-5,7,9H,3,6,8,15H2,1-2H3. The lowest BCUT2D eigenvalue weighted by molar-refractivity contribution is 0.499. The van der Waals surface area contributed by atoms with E-state index >= 15 is 0 Å². The number of benzene rings is 1. The van der Waals surface area contributed by atoms with E-state index in [4.69, 9.17) is 17.3 Å². The van der Waals surface area contributed by atoms with Gasteiger partial charge in [-0.1, -0.05) is 24.9 Å². The molecule has 0 bridgehead atoms. The maximum atomic E-state index is 5.97. The van der Waals surface area contributed by atoms with Gasteiger partial charge in [0.25, 0.3) is 0 Å². The molecule has 92 valence electrons. The van der Waals surface area contributed by atoms with Crippen LogP contribution in [0.1, 0.15) is 19.2 Å². The quantitative estimate of drug-likeness (QED) is 0.908. The molecule has 1 unspecified atom stereocenters. The zero-order valence-electron chi connectivity index (χ0n) is 10.3. The summed E-state index contributed by atoms with van der Waals surface area (Å²) in [4.78, 5) is 4.63. The van der Waals surface area contributed by atoms with Crippen LogP contribution < -0.4 is 5.73 Å². The van der Waals surface area contributed by atoms with Gasteiger partial charge in [0.05, 0.1) is 11.0 Å². The van der Waals surface area contributed by atoms with Crippen LogP contribution in [0, 0.1) is 5.92 Å².